The maximum atomic E-state index is 4.62. The summed E-state index contributed by atoms with van der Waals surface area (Å²) in [6.07, 6.45) is 3.91. The van der Waals surface area contributed by atoms with E-state index >= 15 is 0 Å². The maximum Gasteiger partial charge on any atom is 0.153 e. The van der Waals surface area contributed by atoms with E-state index in [1.165, 1.54) is 16.8 Å². The molecule has 3 heteroatoms. The van der Waals surface area contributed by atoms with Crippen molar-refractivity contribution < 1.29 is 0 Å². The molecular weight excluding hydrogens is 222 g/mol. The molecule has 0 saturated heterocycles. The van der Waals surface area contributed by atoms with Crippen molar-refractivity contribution in [3.8, 4) is 5.82 Å². The van der Waals surface area contributed by atoms with Gasteiger partial charge in [-0.1, -0.05) is 18.2 Å². The fourth-order valence-electron chi connectivity index (χ4n) is 2.65. The minimum Gasteiger partial charge on any atom is -0.237 e. The van der Waals surface area contributed by atoms with Gasteiger partial charge in [0, 0.05) is 6.20 Å². The van der Waals surface area contributed by atoms with Gasteiger partial charge in [0.15, 0.2) is 5.82 Å². The lowest BCUT2D eigenvalue weighted by molar-refractivity contribution is 0.629. The molecule has 0 unspecified atom stereocenters. The number of nitrogens with zero attached hydrogens (tertiary/aromatic N) is 3. The van der Waals surface area contributed by atoms with E-state index in [0.717, 1.165) is 24.4 Å². The van der Waals surface area contributed by atoms with Gasteiger partial charge in [0.1, 0.15) is 0 Å². The molecular formula is C15H17N3. The monoisotopic (exact) mass is 239 g/mol. The summed E-state index contributed by atoms with van der Waals surface area (Å²) in [5, 5.41) is 4.62. The SMILES string of the molecule is C=C(C)[C@@H]1Cc2c(C)nn(-c3ccccn3)c2C1. The Kier molecular flexibility index (Phi) is 2.54. The van der Waals surface area contributed by atoms with Crippen molar-refractivity contribution in [2.45, 2.75) is 26.7 Å². The van der Waals surface area contributed by atoms with E-state index in [1.54, 1.807) is 0 Å². The second-order valence-corrected chi connectivity index (χ2v) is 5.06. The molecule has 0 N–H and O–H groups in total. The lowest BCUT2D eigenvalue weighted by Gasteiger charge is -2.09. The number of hydrogen-bond donors (Lipinski definition) is 0. The van der Waals surface area contributed by atoms with Crippen LogP contribution in [0.25, 0.3) is 5.82 Å². The lowest BCUT2D eigenvalue weighted by atomic mass is 9.99. The highest BCUT2D eigenvalue weighted by atomic mass is 15.3. The van der Waals surface area contributed by atoms with Crippen LogP contribution in [-0.2, 0) is 12.8 Å². The number of pyridine rings is 1. The molecule has 1 aliphatic carbocycles. The second-order valence-electron chi connectivity index (χ2n) is 5.06. The van der Waals surface area contributed by atoms with Crippen LogP contribution in [-0.4, -0.2) is 14.8 Å². The fraction of sp³-hybridized carbons (Fsp3) is 0.333. The fourth-order valence-corrected chi connectivity index (χ4v) is 2.65. The predicted octanol–water partition coefficient (Wildman–Crippen LogP) is 2.87. The topological polar surface area (TPSA) is 30.7 Å². The zero-order valence-corrected chi connectivity index (χ0v) is 10.8. The Labute approximate surface area is 107 Å². The largest absolute Gasteiger partial charge is 0.237 e. The van der Waals surface area contributed by atoms with Gasteiger partial charge in [0.2, 0.25) is 0 Å². The van der Waals surface area contributed by atoms with Crippen LogP contribution >= 0.6 is 0 Å². The molecule has 92 valence electrons. The lowest BCUT2D eigenvalue weighted by Crippen LogP contribution is -2.07. The number of aromatic nitrogens is 3. The van der Waals surface area contributed by atoms with Crippen molar-refractivity contribution in [2.24, 2.45) is 5.92 Å². The molecule has 2 aromatic heterocycles. The van der Waals surface area contributed by atoms with E-state index in [4.69, 9.17) is 0 Å². The summed E-state index contributed by atoms with van der Waals surface area (Å²) in [4.78, 5) is 4.39. The summed E-state index contributed by atoms with van der Waals surface area (Å²) in [5.74, 6) is 1.47. The van der Waals surface area contributed by atoms with Crippen molar-refractivity contribution in [3.05, 3.63) is 53.5 Å². The van der Waals surface area contributed by atoms with Gasteiger partial charge in [-0.15, -0.1) is 0 Å². The molecule has 2 heterocycles. The van der Waals surface area contributed by atoms with Gasteiger partial charge in [-0.2, -0.15) is 5.10 Å². The van der Waals surface area contributed by atoms with Crippen molar-refractivity contribution >= 4 is 0 Å². The van der Waals surface area contributed by atoms with Crippen LogP contribution in [0.5, 0.6) is 0 Å². The van der Waals surface area contributed by atoms with E-state index in [0.29, 0.717) is 5.92 Å². The second kappa shape index (κ2) is 4.09. The molecule has 0 spiro atoms. The molecule has 0 fully saturated rings. The molecule has 0 aromatic carbocycles. The molecule has 1 aliphatic rings. The first kappa shape index (κ1) is 11.2. The van der Waals surface area contributed by atoms with E-state index in [1.807, 2.05) is 29.1 Å². The predicted molar refractivity (Wildman–Crippen MR) is 71.8 cm³/mol. The van der Waals surface area contributed by atoms with E-state index < -0.39 is 0 Å². The Balaban J connectivity index is 2.06. The summed E-state index contributed by atoms with van der Waals surface area (Å²) in [5.41, 5.74) is 5.07. The molecule has 1 atom stereocenters. The molecule has 2 aromatic rings. The Morgan fingerprint density at radius 2 is 2.22 bits per heavy atom. The molecule has 0 saturated carbocycles. The van der Waals surface area contributed by atoms with Crippen molar-refractivity contribution in [1.29, 1.82) is 0 Å². The normalized spacial score (nSPS) is 17.8. The first-order chi connectivity index (χ1) is 8.66. The summed E-state index contributed by atoms with van der Waals surface area (Å²) < 4.78 is 1.99. The third-order valence-electron chi connectivity index (χ3n) is 3.74. The Morgan fingerprint density at radius 1 is 1.39 bits per heavy atom. The summed E-state index contributed by atoms with van der Waals surface area (Å²) in [6.45, 7) is 8.28. The Bertz CT molecular complexity index is 596. The number of rotatable bonds is 2. The van der Waals surface area contributed by atoms with Crippen LogP contribution in [0.15, 0.2) is 36.5 Å². The molecule has 0 radical (unpaired) electrons. The highest BCUT2D eigenvalue weighted by molar-refractivity contribution is 5.38. The van der Waals surface area contributed by atoms with Gasteiger partial charge >= 0.3 is 0 Å². The van der Waals surface area contributed by atoms with E-state index in [9.17, 15) is 0 Å². The van der Waals surface area contributed by atoms with Gasteiger partial charge in [-0.3, -0.25) is 0 Å². The zero-order valence-electron chi connectivity index (χ0n) is 10.8. The van der Waals surface area contributed by atoms with E-state index in [-0.39, 0.29) is 0 Å². The molecule has 0 aliphatic heterocycles. The third kappa shape index (κ3) is 1.67. The van der Waals surface area contributed by atoms with Crippen LogP contribution < -0.4 is 0 Å². The number of fused-ring (bicyclic) bond motifs is 1. The van der Waals surface area contributed by atoms with Gasteiger partial charge in [-0.25, -0.2) is 9.67 Å². The average Bonchev–Trinajstić information content (AvgIpc) is 2.92. The van der Waals surface area contributed by atoms with Crippen LogP contribution in [0.3, 0.4) is 0 Å². The summed E-state index contributed by atoms with van der Waals surface area (Å²) in [7, 11) is 0. The average molecular weight is 239 g/mol. The third-order valence-corrected chi connectivity index (χ3v) is 3.74. The minimum atomic E-state index is 0.562. The number of aryl methyl sites for hydroxylation is 1. The number of hydrogen-bond acceptors (Lipinski definition) is 2. The summed E-state index contributed by atoms with van der Waals surface area (Å²) in [6, 6.07) is 5.93. The van der Waals surface area contributed by atoms with Crippen molar-refractivity contribution in [1.82, 2.24) is 14.8 Å². The molecule has 0 amide bonds. The first-order valence-corrected chi connectivity index (χ1v) is 6.31. The van der Waals surface area contributed by atoms with E-state index in [2.05, 4.69) is 30.5 Å². The van der Waals surface area contributed by atoms with Crippen LogP contribution in [0.2, 0.25) is 0 Å². The molecule has 3 rings (SSSR count). The van der Waals surface area contributed by atoms with Gasteiger partial charge in [0.25, 0.3) is 0 Å². The van der Waals surface area contributed by atoms with Crippen molar-refractivity contribution in [3.63, 3.8) is 0 Å². The minimum absolute atomic E-state index is 0.562. The Morgan fingerprint density at radius 3 is 2.89 bits per heavy atom. The zero-order chi connectivity index (χ0) is 12.7. The van der Waals surface area contributed by atoms with Crippen LogP contribution in [0, 0.1) is 12.8 Å². The van der Waals surface area contributed by atoms with Crippen molar-refractivity contribution in [2.75, 3.05) is 0 Å². The number of allylic oxidation sites excluding steroid dienone is 1. The van der Waals surface area contributed by atoms with Crippen LogP contribution in [0.4, 0.5) is 0 Å². The highest BCUT2D eigenvalue weighted by Gasteiger charge is 2.28. The summed E-state index contributed by atoms with van der Waals surface area (Å²) >= 11 is 0. The smallest absolute Gasteiger partial charge is 0.153 e. The first-order valence-electron chi connectivity index (χ1n) is 6.31. The quantitative estimate of drug-likeness (QED) is 0.754. The molecule has 0 bridgehead atoms. The standard InChI is InChI=1S/C15H17N3/c1-10(2)12-8-13-11(3)17-18(14(13)9-12)15-6-4-5-7-16-15/h4-7,12H,1,8-9H2,2-3H3/t12-/m1/s1. The highest BCUT2D eigenvalue weighted by Crippen LogP contribution is 2.33. The maximum absolute atomic E-state index is 4.62. The van der Waals surface area contributed by atoms with Gasteiger partial charge in [-0.05, 0) is 50.3 Å². The van der Waals surface area contributed by atoms with Crippen LogP contribution in [0.1, 0.15) is 23.9 Å². The van der Waals surface area contributed by atoms with Gasteiger partial charge < -0.3 is 0 Å². The Hall–Kier alpha value is -1.90. The molecule has 3 nitrogen and oxygen atoms in total. The van der Waals surface area contributed by atoms with Gasteiger partial charge in [0.05, 0.1) is 11.4 Å². The molecule has 18 heavy (non-hydrogen) atoms.